The summed E-state index contributed by atoms with van der Waals surface area (Å²) in [6, 6.07) is 92.7. The van der Waals surface area contributed by atoms with Gasteiger partial charge in [-0.25, -0.2) is 0 Å². The maximum absolute atomic E-state index is 2.43. The number of benzene rings is 11. The first-order chi connectivity index (χ1) is 39.5. The van der Waals surface area contributed by atoms with Gasteiger partial charge in [0.15, 0.2) is 0 Å². The Morgan fingerprint density at radius 2 is 0.605 bits per heavy atom. The zero-order valence-corrected chi connectivity index (χ0v) is 47.7. The average molecular weight is 1060 g/mol. The summed E-state index contributed by atoms with van der Waals surface area (Å²) in [5, 5.41) is 6.89. The molecule has 0 atom stereocenters. The lowest BCUT2D eigenvalue weighted by molar-refractivity contribution is 0.660. The van der Waals surface area contributed by atoms with E-state index in [0.717, 1.165) is 34.1 Å². The Morgan fingerprint density at radius 3 is 1.00 bits per heavy atom. The number of anilines is 6. The van der Waals surface area contributed by atoms with Crippen LogP contribution in [0.2, 0.25) is 0 Å². The van der Waals surface area contributed by atoms with E-state index < -0.39 is 7.53 Å². The Labute approximate surface area is 478 Å². The lowest BCUT2D eigenvalue weighted by Gasteiger charge is -2.28. The van der Waals surface area contributed by atoms with Crippen LogP contribution in [0.5, 0.6) is 0 Å². The number of aryl methyl sites for hydroxylation is 2. The Hall–Kier alpha value is -9.20. The van der Waals surface area contributed by atoms with Crippen molar-refractivity contribution in [3.05, 3.63) is 304 Å². The molecule has 0 saturated carbocycles. The van der Waals surface area contributed by atoms with Crippen LogP contribution in [0, 0.1) is 13.8 Å². The molecule has 81 heavy (non-hydrogen) atoms. The molecule has 14 rings (SSSR count). The van der Waals surface area contributed by atoms with Crippen molar-refractivity contribution in [2.75, 3.05) is 9.80 Å². The minimum absolute atomic E-state index is 0.181. The van der Waals surface area contributed by atoms with Crippen LogP contribution in [-0.4, -0.2) is 0 Å². The molecule has 0 radical (unpaired) electrons. The number of para-hydroxylation sites is 2. The molecule has 0 unspecified atom stereocenters. The quantitative estimate of drug-likeness (QED) is 0.119. The zero-order valence-electron chi connectivity index (χ0n) is 46.8. The number of fused-ring (bicyclic) bond motifs is 9. The highest BCUT2D eigenvalue weighted by atomic mass is 31.1. The van der Waals surface area contributed by atoms with Gasteiger partial charge in [-0.15, -0.1) is 0 Å². The van der Waals surface area contributed by atoms with Crippen LogP contribution in [0.1, 0.15) is 83.3 Å². The summed E-state index contributed by atoms with van der Waals surface area (Å²) in [5.74, 6) is 0. The molecule has 0 aliphatic heterocycles. The molecule has 11 aromatic carbocycles. The molecule has 2 nitrogen and oxygen atoms in total. The van der Waals surface area contributed by atoms with Crippen LogP contribution in [0.3, 0.4) is 0 Å². The van der Waals surface area contributed by atoms with Crippen molar-refractivity contribution < 1.29 is 0 Å². The highest BCUT2D eigenvalue weighted by Crippen LogP contribution is 2.56. The molecule has 0 fully saturated rings. The third kappa shape index (κ3) is 8.83. The monoisotopic (exact) mass is 1060 g/mol. The van der Waals surface area contributed by atoms with Gasteiger partial charge in [-0.3, -0.25) is 0 Å². The normalized spacial score (nSPS) is 13.7. The molecule has 0 spiro atoms. The molecule has 2 aliphatic rings. The summed E-state index contributed by atoms with van der Waals surface area (Å²) in [4.78, 5) is 4.75. The second-order valence-electron chi connectivity index (χ2n) is 23.2. The first kappa shape index (κ1) is 50.0. The van der Waals surface area contributed by atoms with Gasteiger partial charge < -0.3 is 9.80 Å². The summed E-state index contributed by atoms with van der Waals surface area (Å²) < 4.78 is 0. The molecule has 0 N–H and O–H groups in total. The Bertz CT molecular complexity index is 4180. The van der Waals surface area contributed by atoms with E-state index in [1.165, 1.54) is 104 Å². The second kappa shape index (κ2) is 19.9. The van der Waals surface area contributed by atoms with Crippen molar-refractivity contribution in [2.24, 2.45) is 0 Å². The fraction of sp³-hybridized carbons (Fsp3) is 0.103. The van der Waals surface area contributed by atoms with Crippen molar-refractivity contribution in [1.82, 2.24) is 0 Å². The maximum Gasteiger partial charge on any atom is 0.0465 e. The molecule has 0 bridgehead atoms. The Morgan fingerprint density at radius 1 is 0.296 bits per heavy atom. The highest BCUT2D eigenvalue weighted by Gasteiger charge is 2.38. The number of nitrogens with zero attached hydrogens (tertiary/aromatic N) is 2. The molecule has 3 heteroatoms. The minimum Gasteiger partial charge on any atom is -0.310 e. The summed E-state index contributed by atoms with van der Waals surface area (Å²) >= 11 is 0. The van der Waals surface area contributed by atoms with E-state index in [4.69, 9.17) is 0 Å². The summed E-state index contributed by atoms with van der Waals surface area (Å²) in [6.07, 6.45) is 9.21. The SMILES string of the molecule is Cc1ccc(N(c2ccccc2)c2ccc3c(c2)C(C)(C)c2cc(/C=C/c4ccc5c(c4)c4cc(/C=C/c6ccc7c(c6)C(C)(C)c6cc(N(c8ccccc8)c8ccc(C)cc8)ccc6-7)ccc4p5-c4ccccc4)ccc2-3)cc1. The van der Waals surface area contributed by atoms with Gasteiger partial charge in [0.2, 0.25) is 0 Å². The van der Waals surface area contributed by atoms with Gasteiger partial charge in [0, 0.05) is 55.2 Å². The van der Waals surface area contributed by atoms with Gasteiger partial charge in [-0.05, 0) is 194 Å². The molecule has 2 aliphatic carbocycles. The van der Waals surface area contributed by atoms with Crippen molar-refractivity contribution in [2.45, 2.75) is 52.4 Å². The number of rotatable bonds is 11. The average Bonchev–Trinajstić information content (AvgIpc) is 4.26. The lowest BCUT2D eigenvalue weighted by Crippen LogP contribution is -2.16. The topological polar surface area (TPSA) is 6.48 Å². The predicted molar refractivity (Wildman–Crippen MR) is 350 cm³/mol. The summed E-state index contributed by atoms with van der Waals surface area (Å²) in [5.41, 5.74) is 24.6. The first-order valence-electron chi connectivity index (χ1n) is 28.4. The van der Waals surface area contributed by atoms with Crippen molar-refractivity contribution in [3.63, 3.8) is 0 Å². The van der Waals surface area contributed by atoms with E-state index in [-0.39, 0.29) is 10.8 Å². The number of hydrogen-bond acceptors (Lipinski definition) is 2. The molecule has 390 valence electrons. The molecule has 0 saturated heterocycles. The third-order valence-electron chi connectivity index (χ3n) is 17.3. The van der Waals surface area contributed by atoms with Crippen molar-refractivity contribution >= 4 is 87.0 Å². The standard InChI is InChI=1S/C78H63N2P/c1-52-22-34-60(35-23-52)79(58-16-10-7-11-17-58)62-38-42-67-65-40-30-56(48-71(65)77(3,4)73(67)50-62)28-26-54-32-44-75-69(46-54)70-47-55(33-45-76(70)81(75)64-20-14-9-15-21-64)27-29-57-31-41-66-68-43-39-63(51-74(68)78(5,6)72(66)49-57)80(59-18-12-8-13-19-59)61-36-24-53(2)25-37-61/h7-51H,1-6H3/b28-26+,29-27+. The molecule has 1 aromatic heterocycles. The predicted octanol–water partition coefficient (Wildman–Crippen LogP) is 22.5. The van der Waals surface area contributed by atoms with Crippen LogP contribution in [-0.2, 0) is 10.8 Å². The van der Waals surface area contributed by atoms with Crippen LogP contribution >= 0.6 is 7.53 Å². The smallest absolute Gasteiger partial charge is 0.0465 e. The van der Waals surface area contributed by atoms with E-state index in [2.05, 4.69) is 324 Å². The van der Waals surface area contributed by atoms with Gasteiger partial charge >= 0.3 is 0 Å². The maximum atomic E-state index is 2.43. The molecule has 1 heterocycles. The van der Waals surface area contributed by atoms with Crippen molar-refractivity contribution in [1.29, 1.82) is 0 Å². The van der Waals surface area contributed by atoms with Crippen LogP contribution < -0.4 is 9.80 Å². The fourth-order valence-corrected chi connectivity index (χ4v) is 15.5. The van der Waals surface area contributed by atoms with Crippen LogP contribution in [0.25, 0.3) is 72.9 Å². The molecule has 12 aromatic rings. The van der Waals surface area contributed by atoms with Gasteiger partial charge in [-0.1, -0.05) is 222 Å². The van der Waals surface area contributed by atoms with Crippen LogP contribution in [0.15, 0.2) is 249 Å². The number of hydrogen-bond donors (Lipinski definition) is 0. The van der Waals surface area contributed by atoms with E-state index in [1.807, 2.05) is 0 Å². The van der Waals surface area contributed by atoms with Gasteiger partial charge in [-0.2, -0.15) is 0 Å². The van der Waals surface area contributed by atoms with Crippen molar-refractivity contribution in [3.8, 4) is 27.6 Å². The lowest BCUT2D eigenvalue weighted by atomic mass is 9.81. The summed E-state index contributed by atoms with van der Waals surface area (Å²) in [7, 11) is -0.700. The van der Waals surface area contributed by atoms with E-state index >= 15 is 0 Å². The second-order valence-corrected chi connectivity index (χ2v) is 25.4. The van der Waals surface area contributed by atoms with Crippen LogP contribution in [0.4, 0.5) is 34.1 Å². The molecular weight excluding hydrogens is 996 g/mol. The summed E-state index contributed by atoms with van der Waals surface area (Å²) in [6.45, 7) is 13.8. The highest BCUT2D eigenvalue weighted by molar-refractivity contribution is 7.67. The van der Waals surface area contributed by atoms with E-state index in [9.17, 15) is 0 Å². The van der Waals surface area contributed by atoms with Gasteiger partial charge in [0.05, 0.1) is 0 Å². The van der Waals surface area contributed by atoms with E-state index in [1.54, 1.807) is 0 Å². The zero-order chi connectivity index (χ0) is 55.0. The third-order valence-corrected chi connectivity index (χ3v) is 19.8. The molecular formula is C78H63N2P. The Balaban J connectivity index is 0.761. The van der Waals surface area contributed by atoms with Gasteiger partial charge in [0.25, 0.3) is 0 Å². The largest absolute Gasteiger partial charge is 0.310 e. The minimum atomic E-state index is -0.700. The Kier molecular flexibility index (Phi) is 12.3. The van der Waals surface area contributed by atoms with E-state index in [0.29, 0.717) is 0 Å². The van der Waals surface area contributed by atoms with Gasteiger partial charge in [0.1, 0.15) is 0 Å². The molecule has 0 amide bonds. The first-order valence-corrected chi connectivity index (χ1v) is 29.7. The fourth-order valence-electron chi connectivity index (χ4n) is 12.9.